The molecule has 1 fully saturated rings. The molecule has 2 aromatic carbocycles. The molecule has 0 radical (unpaired) electrons. The van der Waals surface area contributed by atoms with Crippen molar-refractivity contribution in [3.63, 3.8) is 0 Å². The fourth-order valence-electron chi connectivity index (χ4n) is 4.44. The highest BCUT2D eigenvalue weighted by atomic mass is 19.1. The zero-order valence-electron chi connectivity index (χ0n) is 18.1. The molecule has 0 aromatic heterocycles. The highest BCUT2D eigenvalue weighted by Crippen LogP contribution is 2.34. The lowest BCUT2D eigenvalue weighted by Crippen LogP contribution is -2.37. The van der Waals surface area contributed by atoms with Crippen LogP contribution in [0.4, 0.5) is 4.39 Å². The first-order valence-electron chi connectivity index (χ1n) is 11.1. The van der Waals surface area contributed by atoms with Crippen LogP contribution < -0.4 is 4.74 Å². The van der Waals surface area contributed by atoms with E-state index in [2.05, 4.69) is 36.9 Å². The fourth-order valence-corrected chi connectivity index (χ4v) is 4.44. The van der Waals surface area contributed by atoms with Crippen LogP contribution in [0.3, 0.4) is 0 Å². The summed E-state index contributed by atoms with van der Waals surface area (Å²) >= 11 is 0. The Morgan fingerprint density at radius 2 is 1.83 bits per heavy atom. The predicted octanol–water partition coefficient (Wildman–Crippen LogP) is 5.14. The molecule has 0 bridgehead atoms. The highest BCUT2D eigenvalue weighted by Gasteiger charge is 2.20. The number of morpholine rings is 1. The number of benzene rings is 2. The van der Waals surface area contributed by atoms with Gasteiger partial charge in [0, 0.05) is 19.6 Å². The second kappa shape index (κ2) is 9.76. The SMILES string of the molecule is CC1=C(CN2CCOCC2)CCc2cc(OC[C@H](C)Cc3ccc(F)cc3)ccc21. The number of nitrogens with zero attached hydrogens (tertiary/aromatic N) is 1. The second-order valence-corrected chi connectivity index (χ2v) is 8.68. The van der Waals surface area contributed by atoms with Gasteiger partial charge in [-0.05, 0) is 78.6 Å². The zero-order valence-corrected chi connectivity index (χ0v) is 18.1. The minimum atomic E-state index is -0.186. The van der Waals surface area contributed by atoms with Crippen LogP contribution in [0.15, 0.2) is 48.0 Å². The first-order valence-corrected chi connectivity index (χ1v) is 11.1. The fraction of sp³-hybridized carbons (Fsp3) is 0.462. The van der Waals surface area contributed by atoms with Gasteiger partial charge in [-0.2, -0.15) is 0 Å². The van der Waals surface area contributed by atoms with E-state index in [0.717, 1.165) is 63.4 Å². The van der Waals surface area contributed by atoms with Crippen molar-refractivity contribution >= 4 is 5.57 Å². The lowest BCUT2D eigenvalue weighted by atomic mass is 9.86. The Balaban J connectivity index is 1.35. The average Bonchev–Trinajstić information content (AvgIpc) is 2.76. The molecule has 2 aliphatic rings. The van der Waals surface area contributed by atoms with Crippen molar-refractivity contribution < 1.29 is 13.9 Å². The Morgan fingerprint density at radius 1 is 1.07 bits per heavy atom. The summed E-state index contributed by atoms with van der Waals surface area (Å²) in [6.07, 6.45) is 3.09. The van der Waals surface area contributed by atoms with Crippen LogP contribution in [0.1, 0.15) is 37.0 Å². The van der Waals surface area contributed by atoms with Crippen LogP contribution in [-0.4, -0.2) is 44.4 Å². The van der Waals surface area contributed by atoms with Crippen molar-refractivity contribution in [1.29, 1.82) is 0 Å². The number of rotatable bonds is 7. The summed E-state index contributed by atoms with van der Waals surface area (Å²) in [5.41, 5.74) is 6.90. The van der Waals surface area contributed by atoms with E-state index in [1.807, 2.05) is 12.1 Å². The quantitative estimate of drug-likeness (QED) is 0.632. The van der Waals surface area contributed by atoms with E-state index in [1.165, 1.54) is 28.8 Å². The number of aryl methyl sites for hydroxylation is 1. The lowest BCUT2D eigenvalue weighted by molar-refractivity contribution is 0.0420. The van der Waals surface area contributed by atoms with Crippen LogP contribution in [0.25, 0.3) is 5.57 Å². The van der Waals surface area contributed by atoms with Gasteiger partial charge in [0.2, 0.25) is 0 Å². The third-order valence-corrected chi connectivity index (χ3v) is 6.26. The summed E-state index contributed by atoms with van der Waals surface area (Å²) < 4.78 is 24.6. The van der Waals surface area contributed by atoms with Crippen molar-refractivity contribution in [1.82, 2.24) is 4.90 Å². The van der Waals surface area contributed by atoms with Crippen molar-refractivity contribution in [2.75, 3.05) is 39.5 Å². The van der Waals surface area contributed by atoms with Crippen LogP contribution >= 0.6 is 0 Å². The third kappa shape index (κ3) is 5.30. The lowest BCUT2D eigenvalue weighted by Gasteiger charge is -2.30. The number of hydrogen-bond donors (Lipinski definition) is 0. The van der Waals surface area contributed by atoms with Gasteiger partial charge < -0.3 is 9.47 Å². The van der Waals surface area contributed by atoms with Crippen LogP contribution in [0.5, 0.6) is 5.75 Å². The molecule has 2 aromatic rings. The summed E-state index contributed by atoms with van der Waals surface area (Å²) in [7, 11) is 0. The van der Waals surface area contributed by atoms with E-state index in [1.54, 1.807) is 5.57 Å². The van der Waals surface area contributed by atoms with Crippen molar-refractivity contribution in [3.05, 3.63) is 70.5 Å². The Hall–Kier alpha value is -2.17. The number of hydrogen-bond acceptors (Lipinski definition) is 3. The normalized spacial score (nSPS) is 18.2. The molecule has 3 nitrogen and oxygen atoms in total. The summed E-state index contributed by atoms with van der Waals surface area (Å²) in [5, 5.41) is 0. The summed E-state index contributed by atoms with van der Waals surface area (Å²) in [6.45, 7) is 9.93. The van der Waals surface area contributed by atoms with E-state index < -0.39 is 0 Å². The molecular formula is C26H32FNO2. The number of halogens is 1. The molecule has 0 N–H and O–H groups in total. The number of allylic oxidation sites excluding steroid dienone is 1. The van der Waals surface area contributed by atoms with Gasteiger partial charge in [0.1, 0.15) is 11.6 Å². The highest BCUT2D eigenvalue weighted by molar-refractivity contribution is 5.72. The minimum absolute atomic E-state index is 0.186. The van der Waals surface area contributed by atoms with Gasteiger partial charge in [-0.15, -0.1) is 0 Å². The van der Waals surface area contributed by atoms with E-state index >= 15 is 0 Å². The van der Waals surface area contributed by atoms with Crippen molar-refractivity contribution in [2.24, 2.45) is 5.92 Å². The van der Waals surface area contributed by atoms with Crippen molar-refractivity contribution in [3.8, 4) is 5.75 Å². The predicted molar refractivity (Wildman–Crippen MR) is 119 cm³/mol. The number of ether oxygens (including phenoxy) is 2. The summed E-state index contributed by atoms with van der Waals surface area (Å²) in [6, 6.07) is 13.3. The van der Waals surface area contributed by atoms with Gasteiger partial charge in [0.05, 0.1) is 19.8 Å². The largest absolute Gasteiger partial charge is 0.493 e. The van der Waals surface area contributed by atoms with E-state index in [0.29, 0.717) is 12.5 Å². The van der Waals surface area contributed by atoms with E-state index in [9.17, 15) is 4.39 Å². The summed E-state index contributed by atoms with van der Waals surface area (Å²) in [4.78, 5) is 2.51. The maximum atomic E-state index is 13.1. The third-order valence-electron chi connectivity index (χ3n) is 6.26. The Kier molecular flexibility index (Phi) is 6.86. The zero-order chi connectivity index (χ0) is 20.9. The molecule has 30 heavy (non-hydrogen) atoms. The van der Waals surface area contributed by atoms with Crippen LogP contribution in [0, 0.1) is 11.7 Å². The van der Waals surface area contributed by atoms with Gasteiger partial charge >= 0.3 is 0 Å². The molecule has 160 valence electrons. The van der Waals surface area contributed by atoms with Crippen LogP contribution in [0.2, 0.25) is 0 Å². The van der Waals surface area contributed by atoms with E-state index in [4.69, 9.17) is 9.47 Å². The average molecular weight is 410 g/mol. The smallest absolute Gasteiger partial charge is 0.123 e. The monoisotopic (exact) mass is 409 g/mol. The van der Waals surface area contributed by atoms with Gasteiger partial charge in [-0.25, -0.2) is 4.39 Å². The molecule has 0 spiro atoms. The second-order valence-electron chi connectivity index (χ2n) is 8.68. The Labute approximate surface area is 179 Å². The maximum Gasteiger partial charge on any atom is 0.123 e. The topological polar surface area (TPSA) is 21.7 Å². The van der Waals surface area contributed by atoms with Gasteiger partial charge in [-0.3, -0.25) is 4.90 Å². The molecule has 0 amide bonds. The molecule has 1 saturated heterocycles. The molecular weight excluding hydrogens is 377 g/mol. The molecule has 1 aliphatic heterocycles. The van der Waals surface area contributed by atoms with E-state index in [-0.39, 0.29) is 5.82 Å². The molecule has 4 rings (SSSR count). The molecule has 1 atom stereocenters. The standard InChI is InChI=1S/C26H32FNO2/c1-19(15-21-3-7-24(27)8-4-21)18-30-25-9-10-26-20(2)23(6-5-22(26)16-25)17-28-11-13-29-14-12-28/h3-4,7-10,16,19H,5-6,11-15,17-18H2,1-2H3/t19-/m1/s1. The number of fused-ring (bicyclic) bond motifs is 1. The van der Waals surface area contributed by atoms with Gasteiger partial charge in [-0.1, -0.05) is 30.7 Å². The van der Waals surface area contributed by atoms with Crippen molar-refractivity contribution in [2.45, 2.75) is 33.1 Å². The summed E-state index contributed by atoms with van der Waals surface area (Å²) in [5.74, 6) is 1.13. The minimum Gasteiger partial charge on any atom is -0.493 e. The molecule has 1 aliphatic carbocycles. The maximum absolute atomic E-state index is 13.1. The molecule has 4 heteroatoms. The van der Waals surface area contributed by atoms with Crippen LogP contribution in [-0.2, 0) is 17.6 Å². The molecule has 0 unspecified atom stereocenters. The van der Waals surface area contributed by atoms with Gasteiger partial charge in [0.25, 0.3) is 0 Å². The Bertz CT molecular complexity index is 884. The first kappa shape index (κ1) is 21.1. The van der Waals surface area contributed by atoms with Gasteiger partial charge in [0.15, 0.2) is 0 Å². The first-order chi connectivity index (χ1) is 14.6. The molecule has 1 heterocycles. The Morgan fingerprint density at radius 3 is 2.60 bits per heavy atom. The molecule has 0 saturated carbocycles.